The molecule has 0 heterocycles. The standard InChI is InChI=1S/C12H13ClO6/c1-2-19-12(18)10(15)9(14)7-4-3-6(11(16)17)5-8(7)13/h3-5,9-10,14-15H,2H2,1H3,(H,16,17). The third kappa shape index (κ3) is 3.66. The molecule has 0 saturated carbocycles. The molecule has 0 spiro atoms. The van der Waals surface area contributed by atoms with Gasteiger partial charge in [0.15, 0.2) is 6.10 Å². The molecule has 6 nitrogen and oxygen atoms in total. The number of ether oxygens (including phenoxy) is 1. The van der Waals surface area contributed by atoms with Crippen LogP contribution in [0.4, 0.5) is 0 Å². The fourth-order valence-corrected chi connectivity index (χ4v) is 1.72. The van der Waals surface area contributed by atoms with Crippen LogP contribution in [0.2, 0.25) is 5.02 Å². The van der Waals surface area contributed by atoms with Crippen LogP contribution >= 0.6 is 11.6 Å². The summed E-state index contributed by atoms with van der Waals surface area (Å²) >= 11 is 5.81. The van der Waals surface area contributed by atoms with Crippen molar-refractivity contribution in [1.82, 2.24) is 0 Å². The van der Waals surface area contributed by atoms with Gasteiger partial charge < -0.3 is 20.1 Å². The van der Waals surface area contributed by atoms with Gasteiger partial charge in [-0.15, -0.1) is 0 Å². The maximum atomic E-state index is 11.3. The number of carbonyl (C=O) groups excluding carboxylic acids is 1. The zero-order chi connectivity index (χ0) is 14.6. The van der Waals surface area contributed by atoms with Crippen LogP contribution in [0, 0.1) is 0 Å². The Labute approximate surface area is 114 Å². The van der Waals surface area contributed by atoms with Crippen LogP contribution in [-0.2, 0) is 9.53 Å². The lowest BCUT2D eigenvalue weighted by molar-refractivity contribution is -0.159. The minimum absolute atomic E-state index is 0.0484. The quantitative estimate of drug-likeness (QED) is 0.698. The van der Waals surface area contributed by atoms with Gasteiger partial charge in [0.1, 0.15) is 6.10 Å². The number of carboxylic acids is 1. The number of aromatic carboxylic acids is 1. The molecule has 0 fully saturated rings. The highest BCUT2D eigenvalue weighted by atomic mass is 35.5. The van der Waals surface area contributed by atoms with E-state index >= 15 is 0 Å². The normalized spacial score (nSPS) is 13.7. The molecule has 0 aromatic heterocycles. The summed E-state index contributed by atoms with van der Waals surface area (Å²) in [6.45, 7) is 1.62. The number of aliphatic hydroxyl groups is 2. The first-order valence-electron chi connectivity index (χ1n) is 5.44. The predicted molar refractivity (Wildman–Crippen MR) is 66.0 cm³/mol. The number of carbonyl (C=O) groups is 2. The maximum absolute atomic E-state index is 11.3. The Morgan fingerprint density at radius 2 is 2.00 bits per heavy atom. The highest BCUT2D eigenvalue weighted by Crippen LogP contribution is 2.27. The van der Waals surface area contributed by atoms with Gasteiger partial charge in [0.05, 0.1) is 12.2 Å². The molecule has 0 aliphatic carbocycles. The van der Waals surface area contributed by atoms with Gasteiger partial charge in [0.2, 0.25) is 0 Å². The average Bonchev–Trinajstić information content (AvgIpc) is 2.37. The number of aliphatic hydroxyl groups excluding tert-OH is 2. The van der Waals surface area contributed by atoms with E-state index in [1.807, 2.05) is 0 Å². The van der Waals surface area contributed by atoms with Crippen LogP contribution in [0.3, 0.4) is 0 Å². The fourth-order valence-electron chi connectivity index (χ4n) is 1.43. The van der Waals surface area contributed by atoms with Gasteiger partial charge in [-0.3, -0.25) is 0 Å². The molecule has 7 heteroatoms. The third-order valence-corrected chi connectivity index (χ3v) is 2.72. The summed E-state index contributed by atoms with van der Waals surface area (Å²) in [6.07, 6.45) is -3.37. The molecule has 19 heavy (non-hydrogen) atoms. The number of benzene rings is 1. The third-order valence-electron chi connectivity index (χ3n) is 2.39. The van der Waals surface area contributed by atoms with Crippen LogP contribution in [0.5, 0.6) is 0 Å². The van der Waals surface area contributed by atoms with Gasteiger partial charge in [0.25, 0.3) is 0 Å². The zero-order valence-corrected chi connectivity index (χ0v) is 10.8. The molecule has 2 atom stereocenters. The Hall–Kier alpha value is -1.63. The molecule has 1 rings (SSSR count). The van der Waals surface area contributed by atoms with Gasteiger partial charge in [-0.25, -0.2) is 9.59 Å². The van der Waals surface area contributed by atoms with Crippen LogP contribution in [0.1, 0.15) is 28.9 Å². The lowest BCUT2D eigenvalue weighted by Gasteiger charge is -2.18. The maximum Gasteiger partial charge on any atom is 0.338 e. The van der Waals surface area contributed by atoms with E-state index in [0.717, 1.165) is 6.07 Å². The molecule has 1 aromatic rings. The van der Waals surface area contributed by atoms with Crippen LogP contribution < -0.4 is 0 Å². The van der Waals surface area contributed by atoms with E-state index in [9.17, 15) is 19.8 Å². The SMILES string of the molecule is CCOC(=O)C(O)C(O)c1ccc(C(=O)O)cc1Cl. The summed E-state index contributed by atoms with van der Waals surface area (Å²) < 4.78 is 4.56. The second-order valence-corrected chi connectivity index (χ2v) is 4.09. The molecule has 104 valence electrons. The van der Waals surface area contributed by atoms with Crippen molar-refractivity contribution in [3.05, 3.63) is 34.3 Å². The second kappa shape index (κ2) is 6.51. The summed E-state index contributed by atoms with van der Waals surface area (Å²) in [5.74, 6) is -2.15. The predicted octanol–water partition coefficient (Wildman–Crippen LogP) is 0.996. The van der Waals surface area contributed by atoms with E-state index in [4.69, 9.17) is 16.7 Å². The monoisotopic (exact) mass is 288 g/mol. The summed E-state index contributed by atoms with van der Waals surface area (Å²) in [4.78, 5) is 22.0. The molecule has 3 N–H and O–H groups in total. The van der Waals surface area contributed by atoms with Crippen molar-refractivity contribution in [1.29, 1.82) is 0 Å². The van der Waals surface area contributed by atoms with E-state index < -0.39 is 24.1 Å². The molecule has 1 aromatic carbocycles. The smallest absolute Gasteiger partial charge is 0.338 e. The number of esters is 1. The number of halogens is 1. The zero-order valence-electron chi connectivity index (χ0n) is 10.0. The van der Waals surface area contributed by atoms with Crippen LogP contribution in [0.25, 0.3) is 0 Å². The highest BCUT2D eigenvalue weighted by Gasteiger charge is 2.28. The van der Waals surface area contributed by atoms with Crippen LogP contribution in [0.15, 0.2) is 18.2 Å². The molecule has 0 bridgehead atoms. The first-order valence-corrected chi connectivity index (χ1v) is 5.81. The largest absolute Gasteiger partial charge is 0.478 e. The lowest BCUT2D eigenvalue weighted by atomic mass is 10.0. The Kier molecular flexibility index (Phi) is 5.29. The minimum atomic E-state index is -1.78. The lowest BCUT2D eigenvalue weighted by Crippen LogP contribution is -2.30. The minimum Gasteiger partial charge on any atom is -0.478 e. The van der Waals surface area contributed by atoms with E-state index in [0.29, 0.717) is 0 Å². The Balaban J connectivity index is 2.96. The topological polar surface area (TPSA) is 104 Å². The van der Waals surface area contributed by atoms with Gasteiger partial charge in [-0.1, -0.05) is 17.7 Å². The second-order valence-electron chi connectivity index (χ2n) is 3.68. The Bertz CT molecular complexity index is 487. The highest BCUT2D eigenvalue weighted by molar-refractivity contribution is 6.31. The molecular formula is C12H13ClO6. The van der Waals surface area contributed by atoms with Crippen molar-refractivity contribution >= 4 is 23.5 Å². The number of hydrogen-bond acceptors (Lipinski definition) is 5. The van der Waals surface area contributed by atoms with Crippen molar-refractivity contribution < 1.29 is 29.6 Å². The molecule has 0 saturated heterocycles. The van der Waals surface area contributed by atoms with E-state index in [-0.39, 0.29) is 22.8 Å². The summed E-state index contributed by atoms with van der Waals surface area (Å²) in [7, 11) is 0. The van der Waals surface area contributed by atoms with E-state index in [1.165, 1.54) is 12.1 Å². The summed E-state index contributed by atoms with van der Waals surface area (Å²) in [6, 6.07) is 3.57. The Morgan fingerprint density at radius 1 is 1.37 bits per heavy atom. The van der Waals surface area contributed by atoms with Crippen LogP contribution in [-0.4, -0.2) is 40.0 Å². The summed E-state index contributed by atoms with van der Waals surface area (Å²) in [5, 5.41) is 28.1. The van der Waals surface area contributed by atoms with Crippen molar-refractivity contribution in [3.8, 4) is 0 Å². The van der Waals surface area contributed by atoms with Crippen molar-refractivity contribution in [2.45, 2.75) is 19.1 Å². The number of rotatable bonds is 5. The van der Waals surface area contributed by atoms with Crippen molar-refractivity contribution in [3.63, 3.8) is 0 Å². The van der Waals surface area contributed by atoms with Gasteiger partial charge in [0, 0.05) is 10.6 Å². The first kappa shape index (κ1) is 15.4. The van der Waals surface area contributed by atoms with E-state index in [2.05, 4.69) is 4.74 Å². The van der Waals surface area contributed by atoms with Gasteiger partial charge >= 0.3 is 11.9 Å². The van der Waals surface area contributed by atoms with Gasteiger partial charge in [-0.2, -0.15) is 0 Å². The van der Waals surface area contributed by atoms with Crippen molar-refractivity contribution in [2.75, 3.05) is 6.61 Å². The molecule has 0 amide bonds. The van der Waals surface area contributed by atoms with Gasteiger partial charge in [-0.05, 0) is 19.1 Å². The van der Waals surface area contributed by atoms with E-state index in [1.54, 1.807) is 6.92 Å². The van der Waals surface area contributed by atoms with Crippen molar-refractivity contribution in [2.24, 2.45) is 0 Å². The molecule has 0 aliphatic heterocycles. The molecule has 0 radical (unpaired) electrons. The Morgan fingerprint density at radius 3 is 2.47 bits per heavy atom. The first-order chi connectivity index (χ1) is 8.88. The molecule has 0 aliphatic rings. The summed E-state index contributed by atoms with van der Waals surface area (Å²) in [5.41, 5.74) is -0.0150. The number of carboxylic acid groups (broad SMARTS) is 1. The molecule has 2 unspecified atom stereocenters. The molecular weight excluding hydrogens is 276 g/mol. The average molecular weight is 289 g/mol. The fraction of sp³-hybridized carbons (Fsp3) is 0.333. The number of hydrogen-bond donors (Lipinski definition) is 3.